The molecule has 2 heterocycles. The number of rotatable bonds is 6. The van der Waals surface area contributed by atoms with Gasteiger partial charge in [-0.15, -0.1) is 0 Å². The minimum absolute atomic E-state index is 0.107. The molecule has 140 valence electrons. The summed E-state index contributed by atoms with van der Waals surface area (Å²) in [6.07, 6.45) is 5.09. The van der Waals surface area contributed by atoms with Gasteiger partial charge in [0, 0.05) is 37.8 Å². The summed E-state index contributed by atoms with van der Waals surface area (Å²) < 4.78 is 28.4. The summed E-state index contributed by atoms with van der Waals surface area (Å²) in [5.41, 5.74) is 1.04. The minimum atomic E-state index is -0.642. The number of carbonyl (C=O) groups is 1. The Morgan fingerprint density at radius 3 is 2.96 bits per heavy atom. The number of carbonyl (C=O) groups excluding carboxylic acids is 1. The summed E-state index contributed by atoms with van der Waals surface area (Å²) in [4.78, 5) is 14.0. The van der Waals surface area contributed by atoms with Gasteiger partial charge in [0.1, 0.15) is 11.5 Å². The molecule has 1 amide bonds. The second kappa shape index (κ2) is 8.40. The number of piperidine rings is 1. The van der Waals surface area contributed by atoms with E-state index in [1.165, 1.54) is 16.8 Å². The third kappa shape index (κ3) is 4.66. The van der Waals surface area contributed by atoms with E-state index in [9.17, 15) is 13.6 Å². The number of amides is 1. The number of halogens is 2. The Morgan fingerprint density at radius 1 is 1.35 bits per heavy atom. The molecule has 7 heteroatoms. The number of hydrogen-bond acceptors (Lipinski definition) is 3. The molecule has 0 radical (unpaired) electrons. The minimum Gasteiger partial charge on any atom is -0.352 e. The molecule has 5 nitrogen and oxygen atoms in total. The molecule has 1 aromatic heterocycles. The van der Waals surface area contributed by atoms with E-state index in [-0.39, 0.29) is 17.6 Å². The van der Waals surface area contributed by atoms with Crippen molar-refractivity contribution in [1.29, 1.82) is 0 Å². The zero-order valence-corrected chi connectivity index (χ0v) is 14.9. The Kier molecular flexibility index (Phi) is 5.98. The van der Waals surface area contributed by atoms with Gasteiger partial charge in [0.2, 0.25) is 5.91 Å². The van der Waals surface area contributed by atoms with Gasteiger partial charge in [0.15, 0.2) is 5.82 Å². The molecule has 2 aromatic rings. The highest BCUT2D eigenvalue weighted by molar-refractivity contribution is 5.76. The van der Waals surface area contributed by atoms with Crippen LogP contribution in [0.25, 0.3) is 5.69 Å². The van der Waals surface area contributed by atoms with Crippen LogP contribution in [0.4, 0.5) is 8.78 Å². The Hall–Kier alpha value is -2.28. The lowest BCUT2D eigenvalue weighted by Crippen LogP contribution is -2.47. The second-order valence-corrected chi connectivity index (χ2v) is 6.74. The maximum atomic E-state index is 13.9. The molecule has 0 aliphatic carbocycles. The average Bonchev–Trinajstić information content (AvgIpc) is 3.03. The highest BCUT2D eigenvalue weighted by Gasteiger charge is 2.22. The highest BCUT2D eigenvalue weighted by Crippen LogP contribution is 2.17. The molecule has 1 aliphatic rings. The molecular formula is C19H24F2N4O. The molecule has 1 saturated heterocycles. The van der Waals surface area contributed by atoms with Gasteiger partial charge in [-0.05, 0) is 44.0 Å². The summed E-state index contributed by atoms with van der Waals surface area (Å²) in [5, 5.41) is 7.49. The van der Waals surface area contributed by atoms with Crippen LogP contribution in [-0.2, 0) is 11.3 Å². The van der Waals surface area contributed by atoms with E-state index < -0.39 is 11.6 Å². The molecule has 0 saturated carbocycles. The first-order valence-corrected chi connectivity index (χ1v) is 9.07. The van der Waals surface area contributed by atoms with Crippen LogP contribution < -0.4 is 5.32 Å². The first kappa shape index (κ1) is 18.5. The number of aromatic nitrogens is 2. The monoisotopic (exact) mass is 362 g/mol. The van der Waals surface area contributed by atoms with Crippen LogP contribution in [0.1, 0.15) is 38.3 Å². The van der Waals surface area contributed by atoms with Crippen LogP contribution in [0.3, 0.4) is 0 Å². The van der Waals surface area contributed by atoms with Gasteiger partial charge in [-0.2, -0.15) is 5.10 Å². The van der Waals surface area contributed by atoms with E-state index in [1.54, 1.807) is 6.20 Å². The van der Waals surface area contributed by atoms with E-state index in [4.69, 9.17) is 0 Å². The third-order valence-electron chi connectivity index (χ3n) is 4.53. The molecule has 0 unspecified atom stereocenters. The van der Waals surface area contributed by atoms with Crippen LogP contribution in [0.15, 0.2) is 30.5 Å². The Bertz CT molecular complexity index is 762. The molecule has 3 rings (SSSR count). The Labute approximate surface area is 152 Å². The highest BCUT2D eigenvalue weighted by atomic mass is 19.1. The summed E-state index contributed by atoms with van der Waals surface area (Å²) in [5.74, 6) is -1.14. The van der Waals surface area contributed by atoms with Crippen molar-refractivity contribution in [2.75, 3.05) is 13.1 Å². The molecule has 26 heavy (non-hydrogen) atoms. The van der Waals surface area contributed by atoms with Crippen LogP contribution in [0.5, 0.6) is 0 Å². The van der Waals surface area contributed by atoms with E-state index >= 15 is 0 Å². The van der Waals surface area contributed by atoms with Crippen molar-refractivity contribution in [2.24, 2.45) is 0 Å². The topological polar surface area (TPSA) is 50.2 Å². The average molecular weight is 362 g/mol. The van der Waals surface area contributed by atoms with Gasteiger partial charge in [0.25, 0.3) is 0 Å². The quantitative estimate of drug-likeness (QED) is 0.859. The van der Waals surface area contributed by atoms with Crippen molar-refractivity contribution in [3.63, 3.8) is 0 Å². The largest absolute Gasteiger partial charge is 0.352 e. The predicted molar refractivity (Wildman–Crippen MR) is 94.8 cm³/mol. The molecule has 1 N–H and O–H groups in total. The van der Waals surface area contributed by atoms with Crippen molar-refractivity contribution in [3.05, 3.63) is 47.8 Å². The zero-order valence-electron chi connectivity index (χ0n) is 14.9. The summed E-state index contributed by atoms with van der Waals surface area (Å²) in [7, 11) is 0. The molecule has 1 aliphatic heterocycles. The zero-order chi connectivity index (χ0) is 18.5. The Balaban J connectivity index is 1.61. The third-order valence-corrected chi connectivity index (χ3v) is 4.53. The van der Waals surface area contributed by atoms with Crippen molar-refractivity contribution in [3.8, 4) is 5.69 Å². The second-order valence-electron chi connectivity index (χ2n) is 6.74. The fraction of sp³-hybridized carbons (Fsp3) is 0.474. The van der Waals surface area contributed by atoms with Crippen molar-refractivity contribution in [1.82, 2.24) is 20.0 Å². The molecule has 1 atom stereocenters. The summed E-state index contributed by atoms with van der Waals surface area (Å²) >= 11 is 0. The molecule has 0 spiro atoms. The van der Waals surface area contributed by atoms with Gasteiger partial charge in [-0.25, -0.2) is 13.5 Å². The molecule has 1 fully saturated rings. The normalized spacial score (nSPS) is 18.0. The molecule has 1 aromatic carbocycles. The standard InChI is InChI=1S/C19H24F2N4O/c1-2-4-19(26)22-15-5-3-9-24(12-15)13-16-8-10-25(23-16)18-7-6-14(20)11-17(18)21/h6-8,10-11,15H,2-5,9,12-13H2,1H3,(H,22,26)/t15-/m1/s1. The number of likely N-dealkylation sites (tertiary alicyclic amines) is 1. The lowest BCUT2D eigenvalue weighted by Gasteiger charge is -2.32. The van der Waals surface area contributed by atoms with Crippen LogP contribution in [0, 0.1) is 11.6 Å². The summed E-state index contributed by atoms with van der Waals surface area (Å²) in [6.45, 7) is 4.36. The van der Waals surface area contributed by atoms with E-state index in [2.05, 4.69) is 15.3 Å². The smallest absolute Gasteiger partial charge is 0.220 e. The van der Waals surface area contributed by atoms with E-state index in [0.717, 1.165) is 44.1 Å². The fourth-order valence-corrected chi connectivity index (χ4v) is 3.32. The van der Waals surface area contributed by atoms with Gasteiger partial charge < -0.3 is 5.32 Å². The van der Waals surface area contributed by atoms with E-state index in [0.29, 0.717) is 13.0 Å². The van der Waals surface area contributed by atoms with Crippen LogP contribution in [0.2, 0.25) is 0 Å². The lowest BCUT2D eigenvalue weighted by atomic mass is 10.1. The van der Waals surface area contributed by atoms with Crippen molar-refractivity contribution >= 4 is 5.91 Å². The van der Waals surface area contributed by atoms with Gasteiger partial charge >= 0.3 is 0 Å². The number of hydrogen-bond donors (Lipinski definition) is 1. The first-order valence-electron chi connectivity index (χ1n) is 9.07. The van der Waals surface area contributed by atoms with Gasteiger partial charge in [-0.3, -0.25) is 9.69 Å². The Morgan fingerprint density at radius 2 is 2.19 bits per heavy atom. The van der Waals surface area contributed by atoms with Crippen molar-refractivity contribution in [2.45, 2.75) is 45.2 Å². The van der Waals surface area contributed by atoms with Gasteiger partial charge in [0.05, 0.1) is 5.69 Å². The maximum absolute atomic E-state index is 13.9. The van der Waals surface area contributed by atoms with Crippen LogP contribution in [-0.4, -0.2) is 39.7 Å². The van der Waals surface area contributed by atoms with Gasteiger partial charge in [-0.1, -0.05) is 6.92 Å². The first-order chi connectivity index (χ1) is 12.5. The van der Waals surface area contributed by atoms with Crippen molar-refractivity contribution < 1.29 is 13.6 Å². The number of benzene rings is 1. The SMILES string of the molecule is CCCC(=O)N[C@@H]1CCCN(Cc2ccn(-c3ccc(F)cc3F)n2)C1. The molecule has 0 bridgehead atoms. The number of nitrogens with zero attached hydrogens (tertiary/aromatic N) is 3. The number of nitrogens with one attached hydrogen (secondary N) is 1. The van der Waals surface area contributed by atoms with E-state index in [1.807, 2.05) is 13.0 Å². The summed E-state index contributed by atoms with van der Waals surface area (Å²) in [6, 6.07) is 5.45. The maximum Gasteiger partial charge on any atom is 0.220 e. The fourth-order valence-electron chi connectivity index (χ4n) is 3.32. The van der Waals surface area contributed by atoms with Crippen LogP contribution >= 0.6 is 0 Å². The lowest BCUT2D eigenvalue weighted by molar-refractivity contribution is -0.122. The predicted octanol–water partition coefficient (Wildman–Crippen LogP) is 3.03. The molecular weight excluding hydrogens is 338 g/mol.